The van der Waals surface area contributed by atoms with Gasteiger partial charge in [-0.1, -0.05) is 49.4 Å². The first-order chi connectivity index (χ1) is 14.7. The molecule has 2 heterocycles. The molecule has 1 aliphatic rings. The van der Waals surface area contributed by atoms with Crippen LogP contribution in [-0.4, -0.2) is 23.3 Å². The van der Waals surface area contributed by atoms with E-state index < -0.39 is 0 Å². The summed E-state index contributed by atoms with van der Waals surface area (Å²) < 4.78 is 0. The van der Waals surface area contributed by atoms with Gasteiger partial charge < -0.3 is 10.2 Å². The summed E-state index contributed by atoms with van der Waals surface area (Å²) in [6, 6.07) is 19.4. The molecule has 0 radical (unpaired) electrons. The van der Waals surface area contributed by atoms with Crippen molar-refractivity contribution in [3.63, 3.8) is 0 Å². The van der Waals surface area contributed by atoms with Crippen LogP contribution in [0, 0.1) is 0 Å². The maximum atomic E-state index is 12.8. The molecule has 1 aliphatic heterocycles. The Morgan fingerprint density at radius 2 is 1.83 bits per heavy atom. The number of amides is 2. The third-order valence-electron chi connectivity index (χ3n) is 5.61. The molecular weight excluding hydrogens is 374 g/mol. The van der Waals surface area contributed by atoms with Crippen LogP contribution in [0.1, 0.15) is 46.3 Å². The molecule has 5 heteroatoms. The number of nitrogens with zero attached hydrogens (tertiary/aromatic N) is 2. The van der Waals surface area contributed by atoms with Crippen LogP contribution in [-0.2, 0) is 17.8 Å². The molecule has 0 saturated carbocycles. The minimum atomic E-state index is -0.144. The minimum absolute atomic E-state index is 0.00847. The smallest absolute Gasteiger partial charge is 0.258 e. The highest BCUT2D eigenvalue weighted by Gasteiger charge is 2.26. The van der Waals surface area contributed by atoms with Crippen LogP contribution in [0.5, 0.6) is 0 Å². The molecule has 0 bridgehead atoms. The van der Waals surface area contributed by atoms with E-state index in [4.69, 9.17) is 0 Å². The summed E-state index contributed by atoms with van der Waals surface area (Å²) in [5.41, 5.74) is 4.81. The number of fused-ring (bicyclic) bond motifs is 1. The number of hydrogen-bond acceptors (Lipinski definition) is 3. The lowest BCUT2D eigenvalue weighted by atomic mass is 9.95. The standard InChI is InChI=1S/C25H25N3O2/c1-2-22(19-6-4-3-5-7-19)24(29)27-17-18-8-9-23-21(16-18)12-15-28(23)25(30)20-10-13-26-14-11-20/h3-11,13-14,16,22H,2,12,15,17H2,1H3,(H,27,29)/t22-/m0/s1. The number of carbonyl (C=O) groups excluding carboxylic acids is 2. The van der Waals surface area contributed by atoms with Gasteiger partial charge in [0.15, 0.2) is 0 Å². The molecule has 0 spiro atoms. The van der Waals surface area contributed by atoms with Gasteiger partial charge in [0.05, 0.1) is 5.92 Å². The van der Waals surface area contributed by atoms with Crippen LogP contribution in [0.4, 0.5) is 5.69 Å². The van der Waals surface area contributed by atoms with Gasteiger partial charge in [0.2, 0.25) is 5.91 Å². The zero-order valence-corrected chi connectivity index (χ0v) is 17.0. The number of benzene rings is 2. The van der Waals surface area contributed by atoms with Crippen molar-refractivity contribution < 1.29 is 9.59 Å². The summed E-state index contributed by atoms with van der Waals surface area (Å²) in [6.45, 7) is 3.17. The maximum Gasteiger partial charge on any atom is 0.258 e. The molecule has 1 atom stereocenters. The van der Waals surface area contributed by atoms with Gasteiger partial charge in [-0.3, -0.25) is 14.6 Å². The molecule has 30 heavy (non-hydrogen) atoms. The van der Waals surface area contributed by atoms with Crippen LogP contribution in [0.25, 0.3) is 0 Å². The number of aromatic nitrogens is 1. The highest BCUT2D eigenvalue weighted by atomic mass is 16.2. The van der Waals surface area contributed by atoms with Gasteiger partial charge in [0.25, 0.3) is 5.91 Å². The van der Waals surface area contributed by atoms with E-state index >= 15 is 0 Å². The number of hydrogen-bond donors (Lipinski definition) is 1. The topological polar surface area (TPSA) is 62.3 Å². The summed E-state index contributed by atoms with van der Waals surface area (Å²) in [4.78, 5) is 31.3. The zero-order valence-electron chi connectivity index (χ0n) is 17.0. The summed E-state index contributed by atoms with van der Waals surface area (Å²) in [7, 11) is 0. The van der Waals surface area contributed by atoms with Crippen molar-refractivity contribution in [2.24, 2.45) is 0 Å². The van der Waals surface area contributed by atoms with Crippen LogP contribution >= 0.6 is 0 Å². The lowest BCUT2D eigenvalue weighted by molar-refractivity contribution is -0.122. The van der Waals surface area contributed by atoms with Crippen LogP contribution < -0.4 is 10.2 Å². The second-order valence-electron chi connectivity index (χ2n) is 7.50. The second-order valence-corrected chi connectivity index (χ2v) is 7.50. The van der Waals surface area contributed by atoms with Crippen LogP contribution in [0.3, 0.4) is 0 Å². The monoisotopic (exact) mass is 399 g/mol. The highest BCUT2D eigenvalue weighted by molar-refractivity contribution is 6.07. The fourth-order valence-corrected chi connectivity index (χ4v) is 4.00. The lowest BCUT2D eigenvalue weighted by Crippen LogP contribution is -2.29. The van der Waals surface area contributed by atoms with E-state index in [9.17, 15) is 9.59 Å². The number of rotatable bonds is 6. The van der Waals surface area contributed by atoms with Crippen molar-refractivity contribution in [3.8, 4) is 0 Å². The van der Waals surface area contributed by atoms with Crippen molar-refractivity contribution in [1.29, 1.82) is 0 Å². The molecule has 3 aromatic rings. The molecule has 0 unspecified atom stereocenters. The van der Waals surface area contributed by atoms with E-state index in [1.165, 1.54) is 0 Å². The number of nitrogens with one attached hydrogen (secondary N) is 1. The van der Waals surface area contributed by atoms with Crippen molar-refractivity contribution >= 4 is 17.5 Å². The van der Waals surface area contributed by atoms with E-state index in [1.54, 1.807) is 24.5 Å². The molecule has 2 amide bonds. The molecule has 4 rings (SSSR count). The van der Waals surface area contributed by atoms with E-state index in [0.717, 1.165) is 35.2 Å². The molecule has 0 aliphatic carbocycles. The Morgan fingerprint density at radius 1 is 1.07 bits per heavy atom. The van der Waals surface area contributed by atoms with Gasteiger partial charge >= 0.3 is 0 Å². The highest BCUT2D eigenvalue weighted by Crippen LogP contribution is 2.30. The van der Waals surface area contributed by atoms with Gasteiger partial charge in [0.1, 0.15) is 0 Å². The Bertz CT molecular complexity index is 1030. The van der Waals surface area contributed by atoms with Gasteiger partial charge in [0, 0.05) is 36.7 Å². The SMILES string of the molecule is CC[C@H](C(=O)NCc1ccc2c(c1)CCN2C(=O)c1ccncc1)c1ccccc1. The quantitative estimate of drug-likeness (QED) is 0.679. The number of pyridine rings is 1. The molecule has 0 fully saturated rings. The summed E-state index contributed by atoms with van der Waals surface area (Å²) in [5.74, 6) is -0.112. The number of anilines is 1. The third kappa shape index (κ3) is 4.10. The van der Waals surface area contributed by atoms with Crippen molar-refractivity contribution in [2.45, 2.75) is 32.2 Å². The maximum absolute atomic E-state index is 12.8. The first-order valence-electron chi connectivity index (χ1n) is 10.3. The molecule has 5 nitrogen and oxygen atoms in total. The Morgan fingerprint density at radius 3 is 2.57 bits per heavy atom. The van der Waals surface area contributed by atoms with Crippen molar-refractivity contribution in [2.75, 3.05) is 11.4 Å². The molecule has 152 valence electrons. The molecule has 0 saturated heterocycles. The molecule has 1 aromatic heterocycles. The summed E-state index contributed by atoms with van der Waals surface area (Å²) >= 11 is 0. The van der Waals surface area contributed by atoms with Gasteiger partial charge in [-0.25, -0.2) is 0 Å². The minimum Gasteiger partial charge on any atom is -0.351 e. The summed E-state index contributed by atoms with van der Waals surface area (Å²) in [6.07, 6.45) is 4.84. The zero-order chi connectivity index (χ0) is 20.9. The normalized spacial score (nSPS) is 13.6. The summed E-state index contributed by atoms with van der Waals surface area (Å²) in [5, 5.41) is 3.07. The van der Waals surface area contributed by atoms with Crippen LogP contribution in [0.15, 0.2) is 73.1 Å². The van der Waals surface area contributed by atoms with Crippen LogP contribution in [0.2, 0.25) is 0 Å². The predicted molar refractivity (Wildman–Crippen MR) is 117 cm³/mol. The molecule has 1 N–H and O–H groups in total. The fraction of sp³-hybridized carbons (Fsp3) is 0.240. The first-order valence-corrected chi connectivity index (χ1v) is 10.3. The molecular formula is C25H25N3O2. The Kier molecular flexibility index (Phi) is 5.89. The van der Waals surface area contributed by atoms with E-state index in [1.807, 2.05) is 54.3 Å². The van der Waals surface area contributed by atoms with E-state index in [0.29, 0.717) is 18.7 Å². The van der Waals surface area contributed by atoms with Crippen molar-refractivity contribution in [3.05, 3.63) is 95.3 Å². The average Bonchev–Trinajstić information content (AvgIpc) is 3.22. The number of carbonyl (C=O) groups is 2. The lowest BCUT2D eigenvalue weighted by Gasteiger charge is -2.18. The Hall–Kier alpha value is -3.47. The Balaban J connectivity index is 1.43. The second kappa shape index (κ2) is 8.91. The van der Waals surface area contributed by atoms with Gasteiger partial charge in [-0.05, 0) is 47.7 Å². The van der Waals surface area contributed by atoms with Gasteiger partial charge in [-0.15, -0.1) is 0 Å². The average molecular weight is 399 g/mol. The third-order valence-corrected chi connectivity index (χ3v) is 5.61. The largest absolute Gasteiger partial charge is 0.351 e. The van der Waals surface area contributed by atoms with E-state index in [2.05, 4.69) is 16.4 Å². The van der Waals surface area contributed by atoms with Crippen molar-refractivity contribution in [1.82, 2.24) is 10.3 Å². The predicted octanol–water partition coefficient (Wildman–Crippen LogP) is 4.09. The van der Waals surface area contributed by atoms with E-state index in [-0.39, 0.29) is 17.7 Å². The molecule has 2 aromatic carbocycles. The fourth-order valence-electron chi connectivity index (χ4n) is 4.00. The Labute approximate surface area is 176 Å². The van der Waals surface area contributed by atoms with Gasteiger partial charge in [-0.2, -0.15) is 0 Å². The first kappa shape index (κ1) is 19.8.